The number of benzene rings is 1. The number of fused-ring (bicyclic) bond motifs is 1. The number of pyridine rings is 3. The molecule has 0 amide bonds. The van der Waals surface area contributed by atoms with Crippen LogP contribution in [0, 0.1) is 6.92 Å². The van der Waals surface area contributed by atoms with Crippen molar-refractivity contribution in [2.45, 2.75) is 25.8 Å². The fourth-order valence-corrected chi connectivity index (χ4v) is 4.74. The maximum Gasteiger partial charge on any atom is 0.138 e. The first-order valence-corrected chi connectivity index (χ1v) is 11.5. The zero-order valence-corrected chi connectivity index (χ0v) is 18.5. The Morgan fingerprint density at radius 3 is 2.64 bits per heavy atom. The molecule has 1 saturated heterocycles. The van der Waals surface area contributed by atoms with Crippen LogP contribution in [-0.2, 0) is 0 Å². The van der Waals surface area contributed by atoms with E-state index in [1.807, 2.05) is 43.7 Å². The van der Waals surface area contributed by atoms with Crippen LogP contribution in [0.1, 0.15) is 30.1 Å². The maximum atomic E-state index is 4.82. The van der Waals surface area contributed by atoms with E-state index in [2.05, 4.69) is 62.7 Å². The highest BCUT2D eigenvalue weighted by Gasteiger charge is 2.17. The lowest BCUT2D eigenvalue weighted by Gasteiger charge is -2.13. The number of aromatic nitrogens is 4. The lowest BCUT2D eigenvalue weighted by molar-refractivity contribution is 0.648. The summed E-state index contributed by atoms with van der Waals surface area (Å²) in [6, 6.07) is 21.7. The van der Waals surface area contributed by atoms with Crippen LogP contribution in [0.25, 0.3) is 44.7 Å². The summed E-state index contributed by atoms with van der Waals surface area (Å²) in [5, 5.41) is 4.68. The molecule has 0 aliphatic carbocycles. The quantitative estimate of drug-likeness (QED) is 0.361. The normalized spacial score (nSPS) is 15.8. The Balaban J connectivity index is 1.45. The third-order valence-corrected chi connectivity index (χ3v) is 6.41. The highest BCUT2D eigenvalue weighted by Crippen LogP contribution is 2.34. The number of aryl methyl sites for hydroxylation is 1. The van der Waals surface area contributed by atoms with Crippen molar-refractivity contribution in [2.75, 3.05) is 6.54 Å². The number of hydrogen-bond acceptors (Lipinski definition) is 4. The van der Waals surface area contributed by atoms with Gasteiger partial charge in [0.25, 0.3) is 0 Å². The molecule has 6 rings (SSSR count). The van der Waals surface area contributed by atoms with Crippen molar-refractivity contribution in [2.24, 2.45) is 0 Å². The first kappa shape index (κ1) is 19.8. The van der Waals surface area contributed by atoms with Crippen LogP contribution < -0.4 is 5.32 Å². The molecule has 5 heteroatoms. The number of nitrogens with one attached hydrogen (secondary N) is 2. The van der Waals surface area contributed by atoms with Gasteiger partial charge in [-0.15, -0.1) is 0 Å². The number of aromatic amines is 1. The minimum Gasteiger partial charge on any atom is -0.346 e. The smallest absolute Gasteiger partial charge is 0.138 e. The van der Waals surface area contributed by atoms with Gasteiger partial charge < -0.3 is 10.3 Å². The highest BCUT2D eigenvalue weighted by atomic mass is 14.9. The molecule has 0 radical (unpaired) electrons. The predicted octanol–water partition coefficient (Wildman–Crippen LogP) is 6.09. The van der Waals surface area contributed by atoms with Gasteiger partial charge in [-0.05, 0) is 79.4 Å². The number of hydrogen-bond donors (Lipinski definition) is 2. The summed E-state index contributed by atoms with van der Waals surface area (Å²) in [5.41, 5.74) is 9.37. The lowest BCUT2D eigenvalue weighted by atomic mass is 9.97. The molecule has 5 heterocycles. The van der Waals surface area contributed by atoms with E-state index in [0.717, 1.165) is 51.4 Å². The maximum absolute atomic E-state index is 4.82. The number of nitrogens with zero attached hydrogens (tertiary/aromatic N) is 3. The molecule has 1 fully saturated rings. The van der Waals surface area contributed by atoms with E-state index in [4.69, 9.17) is 4.98 Å². The second kappa shape index (κ2) is 8.26. The number of rotatable bonds is 4. The molecule has 1 aliphatic rings. The summed E-state index contributed by atoms with van der Waals surface area (Å²) in [7, 11) is 0. The second-order valence-corrected chi connectivity index (χ2v) is 8.70. The topological polar surface area (TPSA) is 66.5 Å². The minimum absolute atomic E-state index is 0.449. The predicted molar refractivity (Wildman–Crippen MR) is 133 cm³/mol. The van der Waals surface area contributed by atoms with E-state index in [9.17, 15) is 0 Å². The van der Waals surface area contributed by atoms with Gasteiger partial charge in [-0.25, -0.2) is 4.98 Å². The summed E-state index contributed by atoms with van der Waals surface area (Å²) in [4.78, 5) is 17.4. The molecule has 0 saturated carbocycles. The molecule has 0 spiro atoms. The SMILES string of the molecule is Cc1cccc(-c2cc(-c3cncc(-c4cccc(C5CCCN5)c4)c3)c3cc[nH]c3n2)n1. The summed E-state index contributed by atoms with van der Waals surface area (Å²) in [5.74, 6) is 0. The van der Waals surface area contributed by atoms with Crippen LogP contribution in [0.15, 0.2) is 79.3 Å². The highest BCUT2D eigenvalue weighted by molar-refractivity contribution is 5.95. The van der Waals surface area contributed by atoms with Crippen molar-refractivity contribution in [3.8, 4) is 33.6 Å². The number of H-pyrrole nitrogens is 1. The molecule has 5 nitrogen and oxygen atoms in total. The molecular formula is C28H25N5. The average Bonchev–Trinajstić information content (AvgIpc) is 3.56. The van der Waals surface area contributed by atoms with E-state index in [-0.39, 0.29) is 0 Å². The summed E-state index contributed by atoms with van der Waals surface area (Å²) in [6.45, 7) is 3.10. The van der Waals surface area contributed by atoms with Crippen LogP contribution in [0.4, 0.5) is 0 Å². The standard InChI is InChI=1S/C28H25N5/c1-18-5-2-8-26(32-18)27-15-24(23-10-12-31-28(23)33-27)22-14-21(16-29-17-22)19-6-3-7-20(13-19)25-9-4-11-30-25/h2-3,5-8,10,12-17,25,30H,4,9,11H2,1H3,(H,31,33). The second-order valence-electron chi connectivity index (χ2n) is 8.70. The molecule has 1 aromatic carbocycles. The molecular weight excluding hydrogens is 406 g/mol. The molecule has 1 aliphatic heterocycles. The molecule has 0 bridgehead atoms. The van der Waals surface area contributed by atoms with Crippen molar-refractivity contribution in [1.82, 2.24) is 25.3 Å². The fourth-order valence-electron chi connectivity index (χ4n) is 4.74. The van der Waals surface area contributed by atoms with E-state index in [1.54, 1.807) is 0 Å². The molecule has 1 unspecified atom stereocenters. The summed E-state index contributed by atoms with van der Waals surface area (Å²) in [6.07, 6.45) is 8.24. The molecule has 33 heavy (non-hydrogen) atoms. The van der Waals surface area contributed by atoms with Gasteiger partial charge in [-0.2, -0.15) is 0 Å². The van der Waals surface area contributed by atoms with E-state index < -0.39 is 0 Å². The Bertz CT molecular complexity index is 1450. The van der Waals surface area contributed by atoms with Gasteiger partial charge in [0.1, 0.15) is 5.65 Å². The first-order chi connectivity index (χ1) is 16.2. The first-order valence-electron chi connectivity index (χ1n) is 11.5. The van der Waals surface area contributed by atoms with Crippen molar-refractivity contribution >= 4 is 11.0 Å². The van der Waals surface area contributed by atoms with Gasteiger partial charge in [-0.3, -0.25) is 9.97 Å². The monoisotopic (exact) mass is 431 g/mol. The summed E-state index contributed by atoms with van der Waals surface area (Å²) < 4.78 is 0. The third-order valence-electron chi connectivity index (χ3n) is 6.41. The van der Waals surface area contributed by atoms with Crippen molar-refractivity contribution in [3.63, 3.8) is 0 Å². The van der Waals surface area contributed by atoms with Gasteiger partial charge >= 0.3 is 0 Å². The third kappa shape index (κ3) is 3.81. The van der Waals surface area contributed by atoms with Gasteiger partial charge in [0.2, 0.25) is 0 Å². The fraction of sp³-hybridized carbons (Fsp3) is 0.179. The zero-order chi connectivity index (χ0) is 22.2. The Kier molecular flexibility index (Phi) is 4.96. The Labute approximate surface area is 193 Å². The lowest BCUT2D eigenvalue weighted by Crippen LogP contribution is -2.12. The van der Waals surface area contributed by atoms with E-state index in [0.29, 0.717) is 6.04 Å². The molecule has 5 aromatic rings. The Morgan fingerprint density at radius 1 is 0.848 bits per heavy atom. The molecule has 4 aromatic heterocycles. The van der Waals surface area contributed by atoms with Crippen molar-refractivity contribution in [3.05, 3.63) is 90.5 Å². The average molecular weight is 432 g/mol. The summed E-state index contributed by atoms with van der Waals surface area (Å²) >= 11 is 0. The zero-order valence-electron chi connectivity index (χ0n) is 18.5. The van der Waals surface area contributed by atoms with Crippen LogP contribution in [0.5, 0.6) is 0 Å². The molecule has 162 valence electrons. The Morgan fingerprint density at radius 2 is 1.76 bits per heavy atom. The van der Waals surface area contributed by atoms with Crippen molar-refractivity contribution < 1.29 is 0 Å². The van der Waals surface area contributed by atoms with Crippen molar-refractivity contribution in [1.29, 1.82) is 0 Å². The van der Waals surface area contributed by atoms with Gasteiger partial charge in [0.15, 0.2) is 0 Å². The van der Waals surface area contributed by atoms with Crippen LogP contribution in [0.2, 0.25) is 0 Å². The van der Waals surface area contributed by atoms with Crippen LogP contribution in [-0.4, -0.2) is 26.5 Å². The largest absolute Gasteiger partial charge is 0.346 e. The van der Waals surface area contributed by atoms with Gasteiger partial charge in [-0.1, -0.05) is 24.3 Å². The minimum atomic E-state index is 0.449. The molecule has 1 atom stereocenters. The van der Waals surface area contributed by atoms with Crippen LogP contribution in [0.3, 0.4) is 0 Å². The van der Waals surface area contributed by atoms with Gasteiger partial charge in [0.05, 0.1) is 11.4 Å². The van der Waals surface area contributed by atoms with Gasteiger partial charge in [0, 0.05) is 46.8 Å². The van der Waals surface area contributed by atoms with E-state index in [1.165, 1.54) is 24.0 Å². The molecule has 2 N–H and O–H groups in total. The van der Waals surface area contributed by atoms with Crippen LogP contribution >= 0.6 is 0 Å². The van der Waals surface area contributed by atoms with E-state index >= 15 is 0 Å². The Hall–Kier alpha value is -3.83.